The minimum atomic E-state index is -0.392. The molecule has 124 valence electrons. The van der Waals surface area contributed by atoms with Gasteiger partial charge in [0.2, 0.25) is 5.51 Å². The number of nitrogen functional groups attached to an aromatic ring is 1. The smallest absolute Gasteiger partial charge is 0.225 e. The van der Waals surface area contributed by atoms with Crippen LogP contribution in [0.3, 0.4) is 0 Å². The van der Waals surface area contributed by atoms with Crippen molar-refractivity contribution in [3.05, 3.63) is 38.6 Å². The molecule has 11 heteroatoms. The summed E-state index contributed by atoms with van der Waals surface area (Å²) >= 11 is 1.67. The number of rotatable bonds is 9. The molecule has 0 spiro atoms. The summed E-state index contributed by atoms with van der Waals surface area (Å²) in [5.41, 5.74) is 10.1. The van der Waals surface area contributed by atoms with Crippen LogP contribution >= 0.6 is 29.3 Å². The minimum Gasteiger partial charge on any atom is -0.383 e. The minimum absolute atomic E-state index is 0.147. The van der Waals surface area contributed by atoms with E-state index in [9.17, 15) is 4.91 Å². The second-order valence-corrected chi connectivity index (χ2v) is 7.23. The Hall–Kier alpha value is -1.11. The Bertz CT molecular complexity index is 670. The molecule has 2 aromatic rings. The molecule has 0 bridgehead atoms. The number of aromatic nitrogens is 3. The first-order chi connectivity index (χ1) is 11.1. The van der Waals surface area contributed by atoms with E-state index in [4.69, 9.17) is 14.6 Å². The van der Waals surface area contributed by atoms with Crippen molar-refractivity contribution in [1.82, 2.24) is 9.97 Å². The third-order valence-electron chi connectivity index (χ3n) is 3.13. The molecule has 0 aliphatic heterocycles. The van der Waals surface area contributed by atoms with Crippen LogP contribution in [0.2, 0.25) is 0 Å². The zero-order valence-corrected chi connectivity index (χ0v) is 15.6. The van der Waals surface area contributed by atoms with E-state index in [0.29, 0.717) is 24.8 Å². The highest BCUT2D eigenvalue weighted by Gasteiger charge is 2.17. The van der Waals surface area contributed by atoms with E-state index in [1.165, 1.54) is 10.6 Å². The van der Waals surface area contributed by atoms with Gasteiger partial charge in [-0.05, 0) is 11.9 Å². The van der Waals surface area contributed by atoms with Crippen molar-refractivity contribution < 1.29 is 13.4 Å². The number of nitrogens with two attached hydrogens (primary N) is 1. The highest BCUT2D eigenvalue weighted by atomic mass is 32.1. The summed E-state index contributed by atoms with van der Waals surface area (Å²) in [4.78, 5) is 22.1. The summed E-state index contributed by atoms with van der Waals surface area (Å²) in [5.74, 6) is 1.19. The third-order valence-corrected chi connectivity index (χ3v) is 5.37. The quantitative estimate of drug-likeness (QED) is 0.313. The van der Waals surface area contributed by atoms with Gasteiger partial charge in [-0.2, -0.15) is 4.57 Å². The van der Waals surface area contributed by atoms with Crippen LogP contribution in [0.1, 0.15) is 22.0 Å². The van der Waals surface area contributed by atoms with Crippen LogP contribution < -0.4 is 10.3 Å². The fourth-order valence-electron chi connectivity index (χ4n) is 1.92. The van der Waals surface area contributed by atoms with Gasteiger partial charge in [-0.25, -0.2) is 9.97 Å². The first-order valence-electron chi connectivity index (χ1n) is 6.76. The van der Waals surface area contributed by atoms with Crippen LogP contribution in [0.25, 0.3) is 0 Å². The third kappa shape index (κ3) is 5.48. The van der Waals surface area contributed by atoms with Gasteiger partial charge in [0, 0.05) is 19.5 Å². The van der Waals surface area contributed by atoms with Crippen LogP contribution in [0, 0.1) is 18.8 Å². The molecule has 0 radical (unpaired) electrons. The van der Waals surface area contributed by atoms with Crippen molar-refractivity contribution >= 4 is 35.1 Å². The second-order valence-electron chi connectivity index (χ2n) is 4.65. The van der Waals surface area contributed by atoms with Gasteiger partial charge in [0.1, 0.15) is 11.6 Å². The Kier molecular flexibility index (Phi) is 7.33. The van der Waals surface area contributed by atoms with Crippen molar-refractivity contribution in [3.8, 4) is 0 Å². The summed E-state index contributed by atoms with van der Waals surface area (Å²) in [6.45, 7) is 5.07. The monoisotopic (exact) mass is 374 g/mol. The fourth-order valence-corrected chi connectivity index (χ4v) is 3.61. The predicted octanol–water partition coefficient (Wildman–Crippen LogP) is 2.43. The van der Waals surface area contributed by atoms with Crippen molar-refractivity contribution in [2.24, 2.45) is 4.95 Å². The highest BCUT2D eigenvalue weighted by molar-refractivity contribution is 7.42. The summed E-state index contributed by atoms with van der Waals surface area (Å²) in [6, 6.07) is 0. The molecule has 0 saturated heterocycles. The second kappa shape index (κ2) is 9.25. The van der Waals surface area contributed by atoms with E-state index in [2.05, 4.69) is 31.9 Å². The van der Waals surface area contributed by atoms with Gasteiger partial charge in [-0.15, -0.1) is 4.91 Å². The van der Waals surface area contributed by atoms with Gasteiger partial charge in [0.25, 0.3) is 0 Å². The number of hydrogen-bond donors (Lipinski definition) is 1. The van der Waals surface area contributed by atoms with Crippen LogP contribution in [0.5, 0.6) is 0 Å². The molecule has 2 heterocycles. The Balaban J connectivity index is 1.90. The van der Waals surface area contributed by atoms with Crippen molar-refractivity contribution in [2.45, 2.75) is 26.8 Å². The highest BCUT2D eigenvalue weighted by Crippen LogP contribution is 2.28. The van der Waals surface area contributed by atoms with Gasteiger partial charge in [0.15, 0.2) is 30.2 Å². The van der Waals surface area contributed by atoms with E-state index >= 15 is 0 Å². The molecule has 8 nitrogen and oxygen atoms in total. The summed E-state index contributed by atoms with van der Waals surface area (Å²) in [6.07, 6.45) is 2.56. The van der Waals surface area contributed by atoms with Crippen LogP contribution in [0.4, 0.5) is 5.82 Å². The van der Waals surface area contributed by atoms with Crippen molar-refractivity contribution in [1.29, 1.82) is 0 Å². The molecule has 2 unspecified atom stereocenters. The largest absolute Gasteiger partial charge is 0.383 e. The first-order valence-corrected chi connectivity index (χ1v) is 9.31. The van der Waals surface area contributed by atoms with E-state index < -0.39 is 8.96 Å². The zero-order chi connectivity index (χ0) is 16.7. The molecular weight excluding hydrogens is 356 g/mol. The van der Waals surface area contributed by atoms with Gasteiger partial charge >= 0.3 is 0 Å². The van der Waals surface area contributed by atoms with E-state index in [1.807, 2.05) is 6.92 Å². The number of aryl methyl sites for hydroxylation is 1. The Morgan fingerprint density at radius 1 is 1.48 bits per heavy atom. The van der Waals surface area contributed by atoms with E-state index in [1.54, 1.807) is 17.5 Å². The number of nitrogens with zero attached hydrogens (tertiary/aromatic N) is 4. The van der Waals surface area contributed by atoms with Crippen LogP contribution in [-0.4, -0.2) is 16.6 Å². The molecule has 0 saturated carbocycles. The lowest BCUT2D eigenvalue weighted by molar-refractivity contribution is -0.689. The zero-order valence-electron chi connectivity index (χ0n) is 12.8. The van der Waals surface area contributed by atoms with Gasteiger partial charge in [-0.1, -0.05) is 11.3 Å². The maximum Gasteiger partial charge on any atom is 0.225 e. The molecule has 2 rings (SSSR count). The van der Waals surface area contributed by atoms with Crippen molar-refractivity contribution in [3.63, 3.8) is 0 Å². The predicted molar refractivity (Wildman–Crippen MR) is 92.7 cm³/mol. The number of thiazole rings is 1. The maximum absolute atomic E-state index is 9.87. The Labute approximate surface area is 141 Å². The topological polar surface area (TPSA) is 104 Å². The maximum atomic E-state index is 9.87. The number of anilines is 1. The fraction of sp³-hybridized carbons (Fsp3) is 0.417. The summed E-state index contributed by atoms with van der Waals surface area (Å²) in [5, 5.41) is 0. The van der Waals surface area contributed by atoms with Crippen LogP contribution in [-0.2, 0) is 21.8 Å². The molecule has 2 N–H and O–H groups in total. The molecule has 0 aliphatic rings. The molecule has 0 aliphatic carbocycles. The molecule has 0 aromatic carbocycles. The average molecular weight is 374 g/mol. The van der Waals surface area contributed by atoms with Gasteiger partial charge < -0.3 is 10.3 Å². The lowest BCUT2D eigenvalue weighted by atomic mass is 10.2. The summed E-state index contributed by atoms with van der Waals surface area (Å²) < 4.78 is 12.3. The molecule has 2 aromatic heterocycles. The first kappa shape index (κ1) is 18.2. The van der Waals surface area contributed by atoms with E-state index in [0.717, 1.165) is 12.0 Å². The normalized spacial score (nSPS) is 11.9. The lowest BCUT2D eigenvalue weighted by Gasteiger charge is -2.02. The molecular formula is C12H18N5O3P2S+. The van der Waals surface area contributed by atoms with Crippen molar-refractivity contribution in [2.75, 3.05) is 12.3 Å². The van der Waals surface area contributed by atoms with E-state index in [-0.39, 0.29) is 9.03 Å². The summed E-state index contributed by atoms with van der Waals surface area (Å²) in [7, 11) is -0.540. The molecule has 2 atom stereocenters. The standard InChI is InChI=1S/C12H18N5O3P2S/c1-8-11(3-4-19-22-20-21-16-18)23-7-17(8)6-10-5-14-9(2)15-12(10)13/h5,7,21-22H,3-4,6H2,1-2H3,(H2,13,14,15)/q+1. The van der Waals surface area contributed by atoms with Gasteiger partial charge in [0.05, 0.1) is 17.0 Å². The molecule has 0 amide bonds. The number of hydrogen-bond acceptors (Lipinski definition) is 8. The number of nitroso groups, excluding NO2 is 1. The lowest BCUT2D eigenvalue weighted by Crippen LogP contribution is -2.35. The van der Waals surface area contributed by atoms with Gasteiger partial charge in [-0.3, -0.25) is 4.31 Å². The molecule has 23 heavy (non-hydrogen) atoms. The Morgan fingerprint density at radius 3 is 3.04 bits per heavy atom. The average Bonchev–Trinajstić information content (AvgIpc) is 2.86. The SMILES string of the molecule is Cc1ncc(C[n+]2csc(CCOPOPN=O)c2C)c(N)n1. The van der Waals surface area contributed by atoms with Crippen LogP contribution in [0.15, 0.2) is 16.7 Å². The molecule has 0 fully saturated rings. The Morgan fingerprint density at radius 2 is 2.30 bits per heavy atom.